The molecule has 1 N–H and O–H groups in total. The highest BCUT2D eigenvalue weighted by Crippen LogP contribution is 2.31. The van der Waals surface area contributed by atoms with E-state index >= 15 is 0 Å². The van der Waals surface area contributed by atoms with Crippen molar-refractivity contribution >= 4 is 28.5 Å². The van der Waals surface area contributed by atoms with E-state index < -0.39 is 0 Å². The second kappa shape index (κ2) is 5.33. The van der Waals surface area contributed by atoms with E-state index in [0.717, 1.165) is 22.0 Å². The lowest BCUT2D eigenvalue weighted by Gasteiger charge is -2.14. The summed E-state index contributed by atoms with van der Waals surface area (Å²) in [5.74, 6) is 0.0201. The van der Waals surface area contributed by atoms with Crippen molar-refractivity contribution in [1.29, 1.82) is 0 Å². The Bertz CT molecular complexity index is 624. The molecule has 0 unspecified atom stereocenters. The van der Waals surface area contributed by atoms with Crippen molar-refractivity contribution < 1.29 is 4.79 Å². The van der Waals surface area contributed by atoms with E-state index in [4.69, 9.17) is 0 Å². The van der Waals surface area contributed by atoms with E-state index in [1.165, 1.54) is 11.1 Å². The summed E-state index contributed by atoms with van der Waals surface area (Å²) in [6.45, 7) is 0. The van der Waals surface area contributed by atoms with Gasteiger partial charge in [0.25, 0.3) is 5.91 Å². The lowest BCUT2D eigenvalue weighted by molar-refractivity contribution is 0.0936. The molecule has 0 aromatic heterocycles. The first-order valence-corrected chi connectivity index (χ1v) is 7.47. The van der Waals surface area contributed by atoms with Gasteiger partial charge in [0.05, 0.1) is 11.6 Å². The fraction of sp³-hybridized carbons (Fsp3) is 0.188. The maximum absolute atomic E-state index is 12.3. The molecule has 2 nitrogen and oxygen atoms in total. The van der Waals surface area contributed by atoms with E-state index in [-0.39, 0.29) is 11.9 Å². The van der Waals surface area contributed by atoms with Crippen molar-refractivity contribution in [2.75, 3.05) is 0 Å². The van der Waals surface area contributed by atoms with Crippen LogP contribution in [-0.2, 0) is 6.42 Å². The van der Waals surface area contributed by atoms with Crippen LogP contribution in [0.4, 0.5) is 0 Å². The van der Waals surface area contributed by atoms with Gasteiger partial charge in [0.2, 0.25) is 0 Å². The molecule has 3 rings (SSSR count). The lowest BCUT2D eigenvalue weighted by Crippen LogP contribution is -2.27. The molecule has 0 aliphatic heterocycles. The fourth-order valence-corrected chi connectivity index (χ4v) is 3.22. The molecule has 1 atom stereocenters. The van der Waals surface area contributed by atoms with Crippen molar-refractivity contribution in [3.05, 3.63) is 68.8 Å². The van der Waals surface area contributed by atoms with Crippen LogP contribution >= 0.6 is 22.6 Å². The first-order valence-electron chi connectivity index (χ1n) is 6.39. The third-order valence-corrected chi connectivity index (χ3v) is 4.50. The van der Waals surface area contributed by atoms with Gasteiger partial charge in [-0.3, -0.25) is 4.79 Å². The maximum Gasteiger partial charge on any atom is 0.252 e. The Morgan fingerprint density at radius 2 is 1.84 bits per heavy atom. The predicted molar refractivity (Wildman–Crippen MR) is 84.1 cm³/mol. The molecule has 0 saturated carbocycles. The summed E-state index contributed by atoms with van der Waals surface area (Å²) in [6, 6.07) is 16.2. The molecular formula is C16H14INO. The van der Waals surface area contributed by atoms with Crippen molar-refractivity contribution in [2.45, 2.75) is 18.9 Å². The molecule has 1 aliphatic rings. The topological polar surface area (TPSA) is 29.1 Å². The van der Waals surface area contributed by atoms with Crippen LogP contribution in [-0.4, -0.2) is 5.91 Å². The highest BCUT2D eigenvalue weighted by atomic mass is 127. The zero-order valence-electron chi connectivity index (χ0n) is 10.4. The Kier molecular flexibility index (Phi) is 3.55. The largest absolute Gasteiger partial charge is 0.345 e. The number of amides is 1. The van der Waals surface area contributed by atoms with Gasteiger partial charge in [0, 0.05) is 3.57 Å². The number of hydrogen-bond acceptors (Lipinski definition) is 1. The molecule has 19 heavy (non-hydrogen) atoms. The van der Waals surface area contributed by atoms with Crippen molar-refractivity contribution in [2.24, 2.45) is 0 Å². The second-order valence-electron chi connectivity index (χ2n) is 4.74. The van der Waals surface area contributed by atoms with E-state index in [9.17, 15) is 4.79 Å². The van der Waals surface area contributed by atoms with Crippen LogP contribution < -0.4 is 5.32 Å². The normalized spacial score (nSPS) is 17.0. The number of hydrogen-bond donors (Lipinski definition) is 1. The average molecular weight is 363 g/mol. The number of aryl methyl sites for hydroxylation is 1. The van der Waals surface area contributed by atoms with Crippen LogP contribution in [0.15, 0.2) is 48.5 Å². The van der Waals surface area contributed by atoms with E-state index in [2.05, 4.69) is 46.1 Å². The molecule has 1 amide bonds. The van der Waals surface area contributed by atoms with Gasteiger partial charge in [-0.1, -0.05) is 36.4 Å². The molecule has 96 valence electrons. The zero-order valence-corrected chi connectivity index (χ0v) is 12.6. The van der Waals surface area contributed by atoms with Gasteiger partial charge in [0.15, 0.2) is 0 Å². The number of carbonyl (C=O) groups is 1. The Labute approximate surface area is 126 Å². The maximum atomic E-state index is 12.3. The number of halogens is 1. The standard InChI is InChI=1S/C16H14INO/c17-14-8-4-3-7-13(14)16(19)18-15-10-9-11-5-1-2-6-12(11)15/h1-8,15H,9-10H2,(H,18,19)/t15-/m0/s1. The van der Waals surface area contributed by atoms with Gasteiger partial charge >= 0.3 is 0 Å². The summed E-state index contributed by atoms with van der Waals surface area (Å²) < 4.78 is 0.990. The summed E-state index contributed by atoms with van der Waals surface area (Å²) >= 11 is 2.20. The van der Waals surface area contributed by atoms with Gasteiger partial charge in [-0.15, -0.1) is 0 Å². The molecule has 0 bridgehead atoms. The third kappa shape index (κ3) is 2.52. The van der Waals surface area contributed by atoms with Gasteiger partial charge < -0.3 is 5.32 Å². The lowest BCUT2D eigenvalue weighted by atomic mass is 10.1. The molecule has 2 aromatic rings. The number of nitrogens with one attached hydrogen (secondary N) is 1. The Morgan fingerprint density at radius 3 is 2.68 bits per heavy atom. The molecule has 0 radical (unpaired) electrons. The van der Waals surface area contributed by atoms with E-state index in [0.29, 0.717) is 0 Å². The summed E-state index contributed by atoms with van der Waals surface area (Å²) in [5, 5.41) is 3.15. The summed E-state index contributed by atoms with van der Waals surface area (Å²) in [4.78, 5) is 12.3. The SMILES string of the molecule is O=C(N[C@H]1CCc2ccccc21)c1ccccc1I. The van der Waals surface area contributed by atoms with Crippen LogP contribution in [0.25, 0.3) is 0 Å². The molecular weight excluding hydrogens is 349 g/mol. The number of carbonyl (C=O) groups excluding carboxylic acids is 1. The van der Waals surface area contributed by atoms with Gasteiger partial charge in [-0.05, 0) is 58.7 Å². The van der Waals surface area contributed by atoms with Crippen LogP contribution in [0.3, 0.4) is 0 Å². The Morgan fingerprint density at radius 1 is 1.11 bits per heavy atom. The average Bonchev–Trinajstić information content (AvgIpc) is 2.83. The zero-order chi connectivity index (χ0) is 13.2. The monoisotopic (exact) mass is 363 g/mol. The number of fused-ring (bicyclic) bond motifs is 1. The van der Waals surface area contributed by atoms with Gasteiger partial charge in [-0.2, -0.15) is 0 Å². The Balaban J connectivity index is 1.81. The fourth-order valence-electron chi connectivity index (χ4n) is 2.59. The highest BCUT2D eigenvalue weighted by molar-refractivity contribution is 14.1. The smallest absolute Gasteiger partial charge is 0.252 e. The van der Waals surface area contributed by atoms with Crippen LogP contribution in [0.5, 0.6) is 0 Å². The minimum absolute atomic E-state index is 0.0201. The summed E-state index contributed by atoms with van der Waals surface area (Å²) in [7, 11) is 0. The molecule has 1 aliphatic carbocycles. The quantitative estimate of drug-likeness (QED) is 0.810. The van der Waals surface area contributed by atoms with Gasteiger partial charge in [0.1, 0.15) is 0 Å². The third-order valence-electron chi connectivity index (χ3n) is 3.56. The van der Waals surface area contributed by atoms with E-state index in [1.54, 1.807) is 0 Å². The first kappa shape index (κ1) is 12.7. The highest BCUT2D eigenvalue weighted by Gasteiger charge is 2.24. The van der Waals surface area contributed by atoms with Gasteiger partial charge in [-0.25, -0.2) is 0 Å². The van der Waals surface area contributed by atoms with Crippen LogP contribution in [0.1, 0.15) is 33.9 Å². The minimum atomic E-state index is 0.0201. The summed E-state index contributed by atoms with van der Waals surface area (Å²) in [5.41, 5.74) is 3.38. The predicted octanol–water partition coefficient (Wildman–Crippen LogP) is 3.71. The van der Waals surface area contributed by atoms with Crippen molar-refractivity contribution in [3.63, 3.8) is 0 Å². The van der Waals surface area contributed by atoms with Crippen LogP contribution in [0.2, 0.25) is 0 Å². The molecule has 0 heterocycles. The molecule has 3 heteroatoms. The van der Waals surface area contributed by atoms with Crippen molar-refractivity contribution in [3.8, 4) is 0 Å². The molecule has 2 aromatic carbocycles. The molecule has 0 saturated heterocycles. The van der Waals surface area contributed by atoms with Crippen molar-refractivity contribution in [1.82, 2.24) is 5.32 Å². The molecule has 0 fully saturated rings. The Hall–Kier alpha value is -1.36. The summed E-state index contributed by atoms with van der Waals surface area (Å²) in [6.07, 6.45) is 2.04. The molecule has 0 spiro atoms. The first-order chi connectivity index (χ1) is 9.25. The van der Waals surface area contributed by atoms with Crippen LogP contribution in [0, 0.1) is 3.57 Å². The second-order valence-corrected chi connectivity index (χ2v) is 5.91. The number of rotatable bonds is 2. The van der Waals surface area contributed by atoms with E-state index in [1.807, 2.05) is 30.3 Å². The minimum Gasteiger partial charge on any atom is -0.345 e. The number of benzene rings is 2.